The van der Waals surface area contributed by atoms with Gasteiger partial charge >= 0.3 is 8.68 Å². The summed E-state index contributed by atoms with van der Waals surface area (Å²) in [7, 11) is -6.00. The van der Waals surface area contributed by atoms with Gasteiger partial charge in [-0.3, -0.25) is 0 Å². The lowest BCUT2D eigenvalue weighted by Gasteiger charge is -2.32. The number of piperidine rings is 1. The largest absolute Gasteiger partial charge is 1.00 e. The second kappa shape index (κ2) is 6.68. The Kier molecular flexibility index (Phi) is 5.51. The van der Waals surface area contributed by atoms with Crippen LogP contribution >= 0.6 is 0 Å². The Bertz CT molecular complexity index is 372. The van der Waals surface area contributed by atoms with Crippen LogP contribution in [0.1, 0.15) is 21.2 Å². The van der Waals surface area contributed by atoms with Gasteiger partial charge in [-0.25, -0.2) is 0 Å². The third kappa shape index (κ3) is 6.93. The Labute approximate surface area is 112 Å². The molecule has 1 saturated heterocycles. The Morgan fingerprint density at radius 2 is 1.53 bits per heavy atom. The molecule has 0 aromatic heterocycles. The molecule has 2 rings (SSSR count). The fourth-order valence-electron chi connectivity index (χ4n) is 1.95. The van der Waals surface area contributed by atoms with Crippen molar-refractivity contribution in [2.24, 2.45) is 5.92 Å². The average Bonchev–Trinajstić information content (AvgIpc) is 2.29. The van der Waals surface area contributed by atoms with Crippen LogP contribution in [0.25, 0.3) is 0 Å². The normalized spacial score (nSPS) is 16.8. The van der Waals surface area contributed by atoms with E-state index in [1.165, 1.54) is 31.6 Å². The SMILES string of the molecule is CC1CCN(c2ccc(N)cc2)CC1.F[B-](F)(F)F.[H+]. The molecule has 19 heavy (non-hydrogen) atoms. The maximum Gasteiger partial charge on any atom is 1.00 e. The van der Waals surface area contributed by atoms with Gasteiger partial charge in [-0.1, -0.05) is 6.92 Å². The zero-order chi connectivity index (χ0) is 14.5. The van der Waals surface area contributed by atoms with E-state index in [4.69, 9.17) is 5.73 Å². The Morgan fingerprint density at radius 3 is 1.95 bits per heavy atom. The van der Waals surface area contributed by atoms with E-state index in [9.17, 15) is 17.3 Å². The molecular weight excluding hydrogens is 259 g/mol. The molecular formula is C12H19BF4N2. The van der Waals surface area contributed by atoms with Gasteiger partial charge in [-0.15, -0.1) is 0 Å². The van der Waals surface area contributed by atoms with Crippen LogP contribution in [-0.4, -0.2) is 20.3 Å². The molecule has 0 saturated carbocycles. The highest BCUT2D eigenvalue weighted by Gasteiger charge is 2.20. The minimum atomic E-state index is -6.00. The monoisotopic (exact) mass is 278 g/mol. The number of rotatable bonds is 1. The molecule has 0 unspecified atom stereocenters. The van der Waals surface area contributed by atoms with Gasteiger partial charge < -0.3 is 27.9 Å². The van der Waals surface area contributed by atoms with Crippen LogP contribution in [0.15, 0.2) is 24.3 Å². The molecule has 7 heteroatoms. The highest BCUT2D eigenvalue weighted by atomic mass is 19.5. The van der Waals surface area contributed by atoms with Crippen molar-refractivity contribution in [3.05, 3.63) is 24.3 Å². The second-order valence-corrected chi connectivity index (χ2v) is 4.76. The lowest BCUT2D eigenvalue weighted by Crippen LogP contribution is -2.32. The van der Waals surface area contributed by atoms with Crippen LogP contribution < -0.4 is 10.6 Å². The Morgan fingerprint density at radius 1 is 1.11 bits per heavy atom. The van der Waals surface area contributed by atoms with E-state index in [0.717, 1.165) is 11.6 Å². The van der Waals surface area contributed by atoms with E-state index in [1.54, 1.807) is 0 Å². The van der Waals surface area contributed by atoms with Crippen molar-refractivity contribution in [2.45, 2.75) is 19.8 Å². The van der Waals surface area contributed by atoms with Gasteiger partial charge in [0, 0.05) is 24.5 Å². The van der Waals surface area contributed by atoms with E-state index in [1.807, 2.05) is 12.1 Å². The minimum absolute atomic E-state index is 0. The summed E-state index contributed by atoms with van der Waals surface area (Å²) in [5, 5.41) is 0. The van der Waals surface area contributed by atoms with Crippen LogP contribution in [0.5, 0.6) is 0 Å². The van der Waals surface area contributed by atoms with Crippen molar-refractivity contribution < 1.29 is 18.7 Å². The number of hydrogen-bond donors (Lipinski definition) is 1. The van der Waals surface area contributed by atoms with Gasteiger partial charge in [0.25, 0.3) is 0 Å². The van der Waals surface area contributed by atoms with E-state index in [2.05, 4.69) is 24.0 Å². The van der Waals surface area contributed by atoms with Crippen LogP contribution in [0.3, 0.4) is 0 Å². The summed E-state index contributed by atoms with van der Waals surface area (Å²) in [5.41, 5.74) is 7.82. The lowest BCUT2D eigenvalue weighted by molar-refractivity contribution is 0.368. The fraction of sp³-hybridized carbons (Fsp3) is 0.500. The first-order chi connectivity index (χ1) is 8.75. The summed E-state index contributed by atoms with van der Waals surface area (Å²) in [6.45, 7) is 4.70. The highest BCUT2D eigenvalue weighted by molar-refractivity contribution is 6.50. The summed E-state index contributed by atoms with van der Waals surface area (Å²) < 4.78 is 39.0. The zero-order valence-corrected chi connectivity index (χ0v) is 10.8. The van der Waals surface area contributed by atoms with Crippen molar-refractivity contribution in [1.82, 2.24) is 0 Å². The van der Waals surface area contributed by atoms with Crippen LogP contribution in [0.2, 0.25) is 0 Å². The number of benzene rings is 1. The molecule has 0 atom stereocenters. The molecule has 1 heterocycles. The lowest BCUT2D eigenvalue weighted by atomic mass is 9.99. The first kappa shape index (κ1) is 15.7. The molecule has 1 aromatic rings. The zero-order valence-electron chi connectivity index (χ0n) is 11.8. The van der Waals surface area contributed by atoms with E-state index in [-0.39, 0.29) is 1.43 Å². The number of halogens is 4. The van der Waals surface area contributed by atoms with Crippen molar-refractivity contribution in [3.63, 3.8) is 0 Å². The van der Waals surface area contributed by atoms with E-state index < -0.39 is 7.25 Å². The van der Waals surface area contributed by atoms with Crippen molar-refractivity contribution in [3.8, 4) is 0 Å². The number of nitrogens with zero attached hydrogens (tertiary/aromatic N) is 1. The predicted octanol–water partition coefficient (Wildman–Crippen LogP) is 3.92. The maximum atomic E-state index is 9.75. The molecule has 0 amide bonds. The van der Waals surface area contributed by atoms with E-state index >= 15 is 0 Å². The third-order valence-electron chi connectivity index (χ3n) is 3.04. The molecule has 1 aromatic carbocycles. The standard InChI is InChI=1S/C12H18N2.BF4/c1-10-6-8-14(9-7-10)12-4-2-11(13)3-5-12;2-1(3,4)5/h2-5,10H,6-9,13H2,1H3;/q;-1/p+1. The number of anilines is 2. The molecule has 0 bridgehead atoms. The molecule has 108 valence electrons. The van der Waals surface area contributed by atoms with Crippen molar-refractivity contribution >= 4 is 18.6 Å². The van der Waals surface area contributed by atoms with Crippen LogP contribution in [0.4, 0.5) is 28.6 Å². The maximum absolute atomic E-state index is 9.75. The molecule has 1 fully saturated rings. The van der Waals surface area contributed by atoms with Gasteiger partial charge in [0.05, 0.1) is 0 Å². The third-order valence-corrected chi connectivity index (χ3v) is 3.04. The summed E-state index contributed by atoms with van der Waals surface area (Å²) in [4.78, 5) is 2.44. The molecule has 0 radical (unpaired) electrons. The van der Waals surface area contributed by atoms with Crippen LogP contribution in [-0.2, 0) is 0 Å². The molecule has 2 nitrogen and oxygen atoms in total. The quantitative estimate of drug-likeness (QED) is 0.479. The van der Waals surface area contributed by atoms with Crippen molar-refractivity contribution in [2.75, 3.05) is 23.7 Å². The summed E-state index contributed by atoms with van der Waals surface area (Å²) >= 11 is 0. The highest BCUT2D eigenvalue weighted by Crippen LogP contribution is 2.23. The summed E-state index contributed by atoms with van der Waals surface area (Å²) in [6, 6.07) is 8.19. The molecule has 1 aliphatic heterocycles. The number of nitrogen functional groups attached to an aromatic ring is 1. The topological polar surface area (TPSA) is 29.3 Å². The predicted molar refractivity (Wildman–Crippen MR) is 72.8 cm³/mol. The average molecular weight is 278 g/mol. The Hall–Kier alpha value is -1.40. The van der Waals surface area contributed by atoms with E-state index in [0.29, 0.717) is 0 Å². The van der Waals surface area contributed by atoms with Gasteiger partial charge in [-0.05, 0) is 43.0 Å². The number of hydrogen-bond acceptors (Lipinski definition) is 2. The van der Waals surface area contributed by atoms with Gasteiger partial charge in [0.2, 0.25) is 0 Å². The summed E-state index contributed by atoms with van der Waals surface area (Å²) in [5.74, 6) is 0.889. The van der Waals surface area contributed by atoms with Crippen LogP contribution in [0, 0.1) is 5.92 Å². The minimum Gasteiger partial charge on any atom is -0.418 e. The van der Waals surface area contributed by atoms with Gasteiger partial charge in [0.1, 0.15) is 0 Å². The molecule has 1 aliphatic rings. The number of nitrogens with two attached hydrogens (primary N) is 1. The molecule has 2 N–H and O–H groups in total. The fourth-order valence-corrected chi connectivity index (χ4v) is 1.95. The summed E-state index contributed by atoms with van der Waals surface area (Å²) in [6.07, 6.45) is 2.62. The van der Waals surface area contributed by atoms with Gasteiger partial charge in [0.15, 0.2) is 0 Å². The van der Waals surface area contributed by atoms with Crippen molar-refractivity contribution in [1.29, 1.82) is 0 Å². The first-order valence-electron chi connectivity index (χ1n) is 6.23. The smallest absolute Gasteiger partial charge is 0.418 e. The molecule has 0 aliphatic carbocycles. The Balaban J connectivity index is 0.000000526. The first-order valence-corrected chi connectivity index (χ1v) is 6.23. The second-order valence-electron chi connectivity index (χ2n) is 4.76. The molecule has 0 spiro atoms. The van der Waals surface area contributed by atoms with Gasteiger partial charge in [-0.2, -0.15) is 0 Å².